The molecule has 0 aromatic heterocycles. The second kappa shape index (κ2) is 6.23. The monoisotopic (exact) mass is 313 g/mol. The number of nitrogens with zero attached hydrogens (tertiary/aromatic N) is 1. The Bertz CT molecular complexity index is 677. The molecule has 0 unspecified atom stereocenters. The molecule has 0 saturated carbocycles. The lowest BCUT2D eigenvalue weighted by molar-refractivity contribution is 0.0631. The molecule has 0 radical (unpaired) electrons. The summed E-state index contributed by atoms with van der Waals surface area (Å²) in [6.45, 7) is 0.528. The van der Waals surface area contributed by atoms with Gasteiger partial charge in [-0.2, -0.15) is 0 Å². The molecule has 22 heavy (non-hydrogen) atoms. The average Bonchev–Trinajstić information content (AvgIpc) is 2.81. The van der Waals surface area contributed by atoms with Gasteiger partial charge in [0.1, 0.15) is 12.4 Å². The predicted octanol–water partition coefficient (Wildman–Crippen LogP) is 3.08. The summed E-state index contributed by atoms with van der Waals surface area (Å²) in [5.41, 5.74) is 0.939. The van der Waals surface area contributed by atoms with Crippen molar-refractivity contribution in [1.29, 1.82) is 0 Å². The maximum absolute atomic E-state index is 12.2. The zero-order valence-electron chi connectivity index (χ0n) is 12.1. The second-order valence-corrected chi connectivity index (χ2v) is 5.71. The van der Waals surface area contributed by atoms with Gasteiger partial charge in [-0.1, -0.05) is 12.1 Å². The Balaban J connectivity index is 1.60. The summed E-state index contributed by atoms with van der Waals surface area (Å²) in [6.07, 6.45) is 2.01. The lowest BCUT2D eigenvalue weighted by Gasteiger charge is -2.14. The third kappa shape index (κ3) is 2.72. The number of ether oxygens (including phenoxy) is 1. The van der Waals surface area contributed by atoms with Crippen LogP contribution in [0.4, 0.5) is 0 Å². The van der Waals surface area contributed by atoms with Gasteiger partial charge in [0.05, 0.1) is 17.7 Å². The second-order valence-electron chi connectivity index (χ2n) is 4.83. The largest absolute Gasteiger partial charge is 0.492 e. The van der Waals surface area contributed by atoms with Crippen LogP contribution in [-0.2, 0) is 0 Å². The van der Waals surface area contributed by atoms with Crippen LogP contribution in [0.25, 0.3) is 0 Å². The average molecular weight is 313 g/mol. The number of hydrogen-bond acceptors (Lipinski definition) is 4. The van der Waals surface area contributed by atoms with Gasteiger partial charge >= 0.3 is 0 Å². The summed E-state index contributed by atoms with van der Waals surface area (Å²) in [7, 11) is 0. The first-order valence-corrected chi connectivity index (χ1v) is 8.15. The predicted molar refractivity (Wildman–Crippen MR) is 85.5 cm³/mol. The smallest absolute Gasteiger partial charge is 0.261 e. The topological polar surface area (TPSA) is 46.6 Å². The third-order valence-corrected chi connectivity index (χ3v) is 4.26. The van der Waals surface area contributed by atoms with Crippen LogP contribution >= 0.6 is 11.8 Å². The molecule has 5 heteroatoms. The van der Waals surface area contributed by atoms with E-state index in [9.17, 15) is 9.59 Å². The van der Waals surface area contributed by atoms with E-state index in [-0.39, 0.29) is 25.0 Å². The van der Waals surface area contributed by atoms with Crippen LogP contribution in [0.1, 0.15) is 20.7 Å². The van der Waals surface area contributed by atoms with Gasteiger partial charge in [-0.3, -0.25) is 14.5 Å². The van der Waals surface area contributed by atoms with Gasteiger partial charge < -0.3 is 4.74 Å². The molecule has 0 aliphatic carbocycles. The molecule has 0 fully saturated rings. The van der Waals surface area contributed by atoms with Crippen molar-refractivity contribution in [2.45, 2.75) is 4.90 Å². The zero-order valence-corrected chi connectivity index (χ0v) is 12.9. The maximum Gasteiger partial charge on any atom is 0.261 e. The fourth-order valence-electron chi connectivity index (χ4n) is 2.37. The first kappa shape index (κ1) is 14.7. The van der Waals surface area contributed by atoms with Crippen LogP contribution in [0.3, 0.4) is 0 Å². The first-order chi connectivity index (χ1) is 10.7. The normalized spacial score (nSPS) is 13.4. The minimum Gasteiger partial charge on any atom is -0.492 e. The van der Waals surface area contributed by atoms with Gasteiger partial charge in [0.2, 0.25) is 0 Å². The van der Waals surface area contributed by atoms with E-state index >= 15 is 0 Å². The molecule has 3 rings (SSSR count). The Hall–Kier alpha value is -2.27. The standard InChI is InChI=1S/C17H15NO3S/c1-22-13-8-6-12(7-9-13)21-11-10-18-16(19)14-4-2-3-5-15(14)17(18)20/h2-9H,10-11H2,1H3. The summed E-state index contributed by atoms with van der Waals surface area (Å²) >= 11 is 1.66. The number of rotatable bonds is 5. The van der Waals surface area contributed by atoms with Gasteiger partial charge in [-0.25, -0.2) is 0 Å². The highest BCUT2D eigenvalue weighted by Crippen LogP contribution is 2.22. The summed E-state index contributed by atoms with van der Waals surface area (Å²) in [5, 5.41) is 0. The SMILES string of the molecule is CSc1ccc(OCCN2C(=O)c3ccccc3C2=O)cc1. The quantitative estimate of drug-likeness (QED) is 0.628. The first-order valence-electron chi connectivity index (χ1n) is 6.93. The van der Waals surface area contributed by atoms with Crippen LogP contribution < -0.4 is 4.74 Å². The Morgan fingerprint density at radius 1 is 0.955 bits per heavy atom. The molecule has 0 atom stereocenters. The number of carbonyl (C=O) groups excluding carboxylic acids is 2. The Labute approximate surface area is 133 Å². The van der Waals surface area contributed by atoms with Crippen molar-refractivity contribution in [3.63, 3.8) is 0 Å². The molecule has 112 valence electrons. The number of benzene rings is 2. The van der Waals surface area contributed by atoms with E-state index in [0.29, 0.717) is 11.1 Å². The fourth-order valence-corrected chi connectivity index (χ4v) is 2.78. The van der Waals surface area contributed by atoms with E-state index in [2.05, 4.69) is 0 Å². The fraction of sp³-hybridized carbons (Fsp3) is 0.176. The van der Waals surface area contributed by atoms with E-state index in [4.69, 9.17) is 4.74 Å². The minimum atomic E-state index is -0.248. The van der Waals surface area contributed by atoms with Gasteiger partial charge in [-0.05, 0) is 42.7 Å². The van der Waals surface area contributed by atoms with Gasteiger partial charge in [-0.15, -0.1) is 11.8 Å². The van der Waals surface area contributed by atoms with Crippen LogP contribution in [0.2, 0.25) is 0 Å². The lowest BCUT2D eigenvalue weighted by Crippen LogP contribution is -2.33. The van der Waals surface area contributed by atoms with Crippen LogP contribution in [-0.4, -0.2) is 36.1 Å². The van der Waals surface area contributed by atoms with Crippen molar-refractivity contribution in [2.75, 3.05) is 19.4 Å². The number of thioether (sulfide) groups is 1. The van der Waals surface area contributed by atoms with Crippen molar-refractivity contribution >= 4 is 23.6 Å². The summed E-state index contributed by atoms with van der Waals surface area (Å²) in [6, 6.07) is 14.6. The van der Waals surface area contributed by atoms with Crippen molar-refractivity contribution in [1.82, 2.24) is 4.90 Å². The zero-order chi connectivity index (χ0) is 15.5. The molecule has 0 N–H and O–H groups in total. The highest BCUT2D eigenvalue weighted by molar-refractivity contribution is 7.98. The van der Waals surface area contributed by atoms with Crippen LogP contribution in [0, 0.1) is 0 Å². The van der Waals surface area contributed by atoms with Crippen molar-refractivity contribution < 1.29 is 14.3 Å². The lowest BCUT2D eigenvalue weighted by atomic mass is 10.1. The molecule has 2 amide bonds. The van der Waals surface area contributed by atoms with E-state index in [1.165, 1.54) is 4.90 Å². The summed E-state index contributed by atoms with van der Waals surface area (Å²) in [4.78, 5) is 26.8. The van der Waals surface area contributed by atoms with Gasteiger partial charge in [0, 0.05) is 4.90 Å². The Kier molecular flexibility index (Phi) is 4.15. The number of amides is 2. The molecule has 2 aromatic rings. The molecule has 1 heterocycles. The molecule has 0 bridgehead atoms. The number of fused-ring (bicyclic) bond motifs is 1. The highest BCUT2D eigenvalue weighted by atomic mass is 32.2. The van der Waals surface area contributed by atoms with E-state index in [1.54, 1.807) is 36.0 Å². The molecule has 4 nitrogen and oxygen atoms in total. The third-order valence-electron chi connectivity index (χ3n) is 3.52. The number of carbonyl (C=O) groups is 2. The molecule has 0 saturated heterocycles. The Morgan fingerprint density at radius 2 is 1.55 bits per heavy atom. The number of hydrogen-bond donors (Lipinski definition) is 0. The molecular formula is C17H15NO3S. The van der Waals surface area contributed by atoms with Gasteiger partial charge in [0.15, 0.2) is 0 Å². The van der Waals surface area contributed by atoms with Crippen LogP contribution in [0.15, 0.2) is 53.4 Å². The molecule has 1 aliphatic heterocycles. The van der Waals surface area contributed by atoms with Crippen LogP contribution in [0.5, 0.6) is 5.75 Å². The molecule has 1 aliphatic rings. The van der Waals surface area contributed by atoms with Gasteiger partial charge in [0.25, 0.3) is 11.8 Å². The summed E-state index contributed by atoms with van der Waals surface area (Å²) in [5.74, 6) is 0.235. The van der Waals surface area contributed by atoms with E-state index in [1.807, 2.05) is 30.5 Å². The molecular weight excluding hydrogens is 298 g/mol. The van der Waals surface area contributed by atoms with Crippen molar-refractivity contribution in [3.8, 4) is 5.75 Å². The van der Waals surface area contributed by atoms with Crippen molar-refractivity contribution in [2.24, 2.45) is 0 Å². The molecule has 2 aromatic carbocycles. The summed E-state index contributed by atoms with van der Waals surface area (Å²) < 4.78 is 5.61. The van der Waals surface area contributed by atoms with E-state index in [0.717, 1.165) is 10.6 Å². The molecule has 0 spiro atoms. The van der Waals surface area contributed by atoms with E-state index < -0.39 is 0 Å². The maximum atomic E-state index is 12.2. The van der Waals surface area contributed by atoms with Crippen molar-refractivity contribution in [3.05, 3.63) is 59.7 Å². The Morgan fingerprint density at radius 3 is 2.09 bits per heavy atom. The number of imide groups is 1. The highest BCUT2D eigenvalue weighted by Gasteiger charge is 2.34. The minimum absolute atomic E-state index is 0.247.